The summed E-state index contributed by atoms with van der Waals surface area (Å²) in [6.45, 7) is 9.09. The number of nitrogens with zero attached hydrogens (tertiary/aromatic N) is 2. The van der Waals surface area contributed by atoms with Crippen LogP contribution in [0.3, 0.4) is 0 Å². The lowest BCUT2D eigenvalue weighted by atomic mass is 10.0. The molecule has 0 aliphatic rings. The number of amidine groups is 1. The van der Waals surface area contributed by atoms with Crippen molar-refractivity contribution in [2.75, 3.05) is 13.1 Å². The summed E-state index contributed by atoms with van der Waals surface area (Å²) in [5, 5.41) is 21.4. The highest BCUT2D eigenvalue weighted by molar-refractivity contribution is 5.80. The van der Waals surface area contributed by atoms with Crippen LogP contribution in [0.1, 0.15) is 40.5 Å². The van der Waals surface area contributed by atoms with Crippen LogP contribution in [0, 0.1) is 0 Å². The Morgan fingerprint density at radius 1 is 1.44 bits per heavy atom. The second kappa shape index (κ2) is 6.70. The molecule has 0 aromatic rings. The molecule has 5 nitrogen and oxygen atoms in total. The molecule has 4 N–H and O–H groups in total. The molecule has 16 heavy (non-hydrogen) atoms. The second-order valence-corrected chi connectivity index (χ2v) is 4.73. The molecule has 0 amide bonds. The predicted octanol–water partition coefficient (Wildman–Crippen LogP) is 0.994. The Balaban J connectivity index is 4.50. The molecule has 0 rings (SSSR count). The molecular formula is C11H25N3O2. The number of nitrogens with two attached hydrogens (primary N) is 1. The van der Waals surface area contributed by atoms with Crippen molar-refractivity contribution in [3.8, 4) is 0 Å². The molecular weight excluding hydrogens is 206 g/mol. The molecule has 1 atom stereocenters. The van der Waals surface area contributed by atoms with Crippen molar-refractivity contribution in [2.45, 2.75) is 52.2 Å². The quantitative estimate of drug-likeness (QED) is 0.264. The summed E-state index contributed by atoms with van der Waals surface area (Å²) >= 11 is 0. The van der Waals surface area contributed by atoms with E-state index in [0.717, 1.165) is 13.0 Å². The van der Waals surface area contributed by atoms with Crippen LogP contribution in [-0.4, -0.2) is 45.8 Å². The van der Waals surface area contributed by atoms with E-state index in [9.17, 15) is 5.11 Å². The van der Waals surface area contributed by atoms with E-state index in [-0.39, 0.29) is 11.9 Å². The van der Waals surface area contributed by atoms with Crippen molar-refractivity contribution < 1.29 is 10.3 Å². The lowest BCUT2D eigenvalue weighted by Gasteiger charge is -2.34. The summed E-state index contributed by atoms with van der Waals surface area (Å²) in [6.07, 6.45) is 1.43. The summed E-state index contributed by atoms with van der Waals surface area (Å²) < 4.78 is 0. The van der Waals surface area contributed by atoms with Gasteiger partial charge in [-0.15, -0.1) is 0 Å². The third-order valence-corrected chi connectivity index (χ3v) is 2.56. The molecule has 0 aromatic heterocycles. The standard InChI is InChI=1S/C11H25N3O2/c1-5-9(7-10(12)13-16)14(6-2)8-11(3,4)15/h9,15-16H,5-8H2,1-4H3,(H2,12,13). The SMILES string of the molecule is CCC(CC(N)=NO)N(CC)CC(C)(C)O. The van der Waals surface area contributed by atoms with Gasteiger partial charge in [-0.25, -0.2) is 0 Å². The van der Waals surface area contributed by atoms with E-state index in [4.69, 9.17) is 10.9 Å². The fraction of sp³-hybridized carbons (Fsp3) is 0.909. The van der Waals surface area contributed by atoms with Crippen LogP contribution < -0.4 is 5.73 Å². The van der Waals surface area contributed by atoms with Gasteiger partial charge in [0.05, 0.1) is 5.60 Å². The van der Waals surface area contributed by atoms with Crippen molar-refractivity contribution in [1.82, 2.24) is 4.90 Å². The Bertz CT molecular complexity index is 224. The Labute approximate surface area is 97.9 Å². The maximum Gasteiger partial charge on any atom is 0.140 e. The number of aliphatic hydroxyl groups is 1. The van der Waals surface area contributed by atoms with E-state index in [1.165, 1.54) is 0 Å². The zero-order valence-corrected chi connectivity index (χ0v) is 10.8. The van der Waals surface area contributed by atoms with Crippen molar-refractivity contribution in [3.63, 3.8) is 0 Å². The van der Waals surface area contributed by atoms with Gasteiger partial charge in [0.2, 0.25) is 0 Å². The zero-order valence-electron chi connectivity index (χ0n) is 10.8. The predicted molar refractivity (Wildman–Crippen MR) is 65.6 cm³/mol. The molecule has 0 radical (unpaired) electrons. The van der Waals surface area contributed by atoms with Crippen LogP contribution in [0.2, 0.25) is 0 Å². The normalized spacial score (nSPS) is 15.5. The van der Waals surface area contributed by atoms with Gasteiger partial charge < -0.3 is 16.0 Å². The van der Waals surface area contributed by atoms with E-state index in [1.54, 1.807) is 13.8 Å². The van der Waals surface area contributed by atoms with Gasteiger partial charge in [-0.05, 0) is 26.8 Å². The van der Waals surface area contributed by atoms with Gasteiger partial charge in [-0.3, -0.25) is 4.90 Å². The fourth-order valence-electron chi connectivity index (χ4n) is 1.81. The lowest BCUT2D eigenvalue weighted by Crippen LogP contribution is -2.45. The smallest absolute Gasteiger partial charge is 0.140 e. The number of likely N-dealkylation sites (N-methyl/N-ethyl adjacent to an activating group) is 1. The van der Waals surface area contributed by atoms with E-state index >= 15 is 0 Å². The van der Waals surface area contributed by atoms with Crippen LogP contribution in [0.15, 0.2) is 5.16 Å². The Kier molecular flexibility index (Phi) is 6.36. The molecule has 0 bridgehead atoms. The Hall–Kier alpha value is -0.810. The molecule has 96 valence electrons. The lowest BCUT2D eigenvalue weighted by molar-refractivity contribution is 0.0228. The second-order valence-electron chi connectivity index (χ2n) is 4.73. The van der Waals surface area contributed by atoms with E-state index in [1.807, 2.05) is 6.92 Å². The average Bonchev–Trinajstić information content (AvgIpc) is 2.21. The van der Waals surface area contributed by atoms with E-state index < -0.39 is 5.60 Å². The minimum Gasteiger partial charge on any atom is -0.409 e. The van der Waals surface area contributed by atoms with Gasteiger partial charge in [-0.1, -0.05) is 19.0 Å². The molecule has 0 spiro atoms. The van der Waals surface area contributed by atoms with Crippen LogP contribution in [0.5, 0.6) is 0 Å². The Morgan fingerprint density at radius 3 is 2.31 bits per heavy atom. The third kappa shape index (κ3) is 5.92. The van der Waals surface area contributed by atoms with Crippen LogP contribution >= 0.6 is 0 Å². The zero-order chi connectivity index (χ0) is 12.8. The molecule has 0 heterocycles. The number of hydrogen-bond donors (Lipinski definition) is 3. The summed E-state index contributed by atoms with van der Waals surface area (Å²) in [5.74, 6) is 0.237. The van der Waals surface area contributed by atoms with Crippen LogP contribution in [0.4, 0.5) is 0 Å². The van der Waals surface area contributed by atoms with E-state index in [2.05, 4.69) is 17.0 Å². The highest BCUT2D eigenvalue weighted by Crippen LogP contribution is 2.13. The van der Waals surface area contributed by atoms with E-state index in [0.29, 0.717) is 13.0 Å². The number of hydrogen-bond acceptors (Lipinski definition) is 4. The van der Waals surface area contributed by atoms with Crippen LogP contribution in [0.25, 0.3) is 0 Å². The topological polar surface area (TPSA) is 82.1 Å². The highest BCUT2D eigenvalue weighted by Gasteiger charge is 2.23. The Morgan fingerprint density at radius 2 is 2.00 bits per heavy atom. The van der Waals surface area contributed by atoms with Crippen molar-refractivity contribution in [1.29, 1.82) is 0 Å². The van der Waals surface area contributed by atoms with Crippen molar-refractivity contribution >= 4 is 5.84 Å². The molecule has 0 aromatic carbocycles. The number of rotatable bonds is 7. The maximum absolute atomic E-state index is 9.80. The maximum atomic E-state index is 9.80. The van der Waals surface area contributed by atoms with Crippen LogP contribution in [-0.2, 0) is 0 Å². The minimum atomic E-state index is -0.728. The first-order chi connectivity index (χ1) is 7.34. The number of oxime groups is 1. The minimum absolute atomic E-state index is 0.201. The average molecular weight is 231 g/mol. The molecule has 1 unspecified atom stereocenters. The molecule has 0 saturated carbocycles. The first-order valence-electron chi connectivity index (χ1n) is 5.76. The third-order valence-electron chi connectivity index (χ3n) is 2.56. The van der Waals surface area contributed by atoms with Gasteiger partial charge >= 0.3 is 0 Å². The summed E-state index contributed by atoms with van der Waals surface area (Å²) in [5.41, 5.74) is 4.79. The summed E-state index contributed by atoms with van der Waals surface area (Å²) in [4.78, 5) is 2.15. The van der Waals surface area contributed by atoms with Gasteiger partial charge in [0, 0.05) is 19.0 Å². The first-order valence-corrected chi connectivity index (χ1v) is 5.76. The molecule has 5 heteroatoms. The highest BCUT2D eigenvalue weighted by atomic mass is 16.4. The largest absolute Gasteiger partial charge is 0.409 e. The van der Waals surface area contributed by atoms with Crippen molar-refractivity contribution in [2.24, 2.45) is 10.9 Å². The summed E-state index contributed by atoms with van der Waals surface area (Å²) in [6, 6.07) is 0.201. The molecule has 0 aliphatic heterocycles. The molecule has 0 saturated heterocycles. The monoisotopic (exact) mass is 231 g/mol. The fourth-order valence-corrected chi connectivity index (χ4v) is 1.81. The van der Waals surface area contributed by atoms with Crippen molar-refractivity contribution in [3.05, 3.63) is 0 Å². The first kappa shape index (κ1) is 15.2. The van der Waals surface area contributed by atoms with Gasteiger partial charge in [-0.2, -0.15) is 0 Å². The van der Waals surface area contributed by atoms with Gasteiger partial charge in [0.25, 0.3) is 0 Å². The van der Waals surface area contributed by atoms with Gasteiger partial charge in [0.15, 0.2) is 0 Å². The summed E-state index contributed by atoms with van der Waals surface area (Å²) in [7, 11) is 0. The molecule has 0 fully saturated rings. The molecule has 0 aliphatic carbocycles. The van der Waals surface area contributed by atoms with Gasteiger partial charge in [0.1, 0.15) is 5.84 Å².